The van der Waals surface area contributed by atoms with Crippen LogP contribution in [-0.2, 0) is 16.1 Å². The second-order valence-corrected chi connectivity index (χ2v) is 7.41. The van der Waals surface area contributed by atoms with Crippen LogP contribution in [0.25, 0.3) is 10.9 Å². The first kappa shape index (κ1) is 18.6. The molecule has 0 saturated heterocycles. The Morgan fingerprint density at radius 1 is 1.19 bits per heavy atom. The molecule has 1 aromatic carbocycles. The summed E-state index contributed by atoms with van der Waals surface area (Å²) in [6.07, 6.45) is 5.15. The number of fused-ring (bicyclic) bond motifs is 1. The van der Waals surface area contributed by atoms with Gasteiger partial charge in [-0.3, -0.25) is 14.6 Å². The maximum atomic E-state index is 12.2. The summed E-state index contributed by atoms with van der Waals surface area (Å²) in [6, 6.07) is 9.47. The van der Waals surface area contributed by atoms with Gasteiger partial charge < -0.3 is 14.6 Å². The molecule has 0 spiro atoms. The molecule has 0 atom stereocenters. The van der Waals surface area contributed by atoms with Gasteiger partial charge in [0.2, 0.25) is 0 Å². The lowest BCUT2D eigenvalue weighted by molar-refractivity contribution is -0.155. The van der Waals surface area contributed by atoms with Gasteiger partial charge in [0.1, 0.15) is 12.1 Å². The molecule has 0 aliphatic carbocycles. The zero-order valence-corrected chi connectivity index (χ0v) is 15.9. The van der Waals surface area contributed by atoms with Gasteiger partial charge >= 0.3 is 5.97 Å². The van der Waals surface area contributed by atoms with Crippen LogP contribution in [0.3, 0.4) is 0 Å². The smallest absolute Gasteiger partial charge is 0.326 e. The molecule has 0 amide bonds. The van der Waals surface area contributed by atoms with Gasteiger partial charge in [-0.15, -0.1) is 0 Å². The van der Waals surface area contributed by atoms with Crippen LogP contribution in [0.5, 0.6) is 0 Å². The average Bonchev–Trinajstić information content (AvgIpc) is 2.92. The number of ketones is 1. The van der Waals surface area contributed by atoms with Crippen molar-refractivity contribution >= 4 is 34.0 Å². The van der Waals surface area contributed by atoms with Crippen LogP contribution < -0.4 is 5.32 Å². The second-order valence-electron chi connectivity index (χ2n) is 7.41. The maximum absolute atomic E-state index is 12.2. The number of carbonyl (C=O) groups excluding carboxylic acids is 2. The van der Waals surface area contributed by atoms with Crippen LogP contribution in [0.4, 0.5) is 11.4 Å². The molecule has 140 valence electrons. The lowest BCUT2D eigenvalue weighted by Gasteiger charge is -2.19. The summed E-state index contributed by atoms with van der Waals surface area (Å²) in [5, 5.41) is 4.06. The molecule has 3 aromatic rings. The van der Waals surface area contributed by atoms with E-state index in [-0.39, 0.29) is 18.3 Å². The van der Waals surface area contributed by atoms with Crippen LogP contribution in [0.2, 0.25) is 0 Å². The Morgan fingerprint density at radius 3 is 2.59 bits per heavy atom. The molecule has 2 heterocycles. The molecule has 0 unspecified atom stereocenters. The molecule has 2 aromatic heterocycles. The van der Waals surface area contributed by atoms with Crippen LogP contribution in [-0.4, -0.2) is 26.9 Å². The van der Waals surface area contributed by atoms with Gasteiger partial charge in [0.15, 0.2) is 5.78 Å². The number of benzene rings is 1. The van der Waals surface area contributed by atoms with Gasteiger partial charge in [-0.05, 0) is 58.0 Å². The monoisotopic (exact) mass is 365 g/mol. The SMILES string of the molecule is CC(=O)c1cn(CC(=O)OC(C)(C)C)c2ccc(Nc3cccnc3)cc12. The number of anilines is 2. The van der Waals surface area contributed by atoms with Crippen LogP contribution >= 0.6 is 0 Å². The first-order valence-electron chi connectivity index (χ1n) is 8.76. The fraction of sp³-hybridized carbons (Fsp3) is 0.286. The highest BCUT2D eigenvalue weighted by Crippen LogP contribution is 2.27. The predicted molar refractivity (Wildman–Crippen MR) is 105 cm³/mol. The van der Waals surface area contributed by atoms with Crippen molar-refractivity contribution in [1.82, 2.24) is 9.55 Å². The predicted octanol–water partition coefficient (Wildman–Crippen LogP) is 4.32. The Bertz CT molecular complexity index is 985. The van der Waals surface area contributed by atoms with Gasteiger partial charge in [-0.25, -0.2) is 0 Å². The number of nitrogens with zero attached hydrogens (tertiary/aromatic N) is 2. The largest absolute Gasteiger partial charge is 0.459 e. The van der Waals surface area contributed by atoms with Gasteiger partial charge in [0, 0.05) is 34.5 Å². The van der Waals surface area contributed by atoms with E-state index in [0.29, 0.717) is 5.56 Å². The van der Waals surface area contributed by atoms with Crippen molar-refractivity contribution in [1.29, 1.82) is 0 Å². The minimum absolute atomic E-state index is 0.0520. The zero-order chi connectivity index (χ0) is 19.6. The van der Waals surface area contributed by atoms with Crippen molar-refractivity contribution in [2.45, 2.75) is 39.8 Å². The van der Waals surface area contributed by atoms with Crippen molar-refractivity contribution in [3.05, 3.63) is 54.5 Å². The number of rotatable bonds is 5. The molecule has 0 fully saturated rings. The van der Waals surface area contributed by atoms with Crippen molar-refractivity contribution in [2.75, 3.05) is 5.32 Å². The third kappa shape index (κ3) is 4.53. The topological polar surface area (TPSA) is 73.2 Å². The van der Waals surface area contributed by atoms with Crippen LogP contribution in [0, 0.1) is 0 Å². The summed E-state index contributed by atoms with van der Waals surface area (Å²) in [7, 11) is 0. The fourth-order valence-electron chi connectivity index (χ4n) is 2.90. The third-order valence-electron chi connectivity index (χ3n) is 3.93. The van der Waals surface area contributed by atoms with Crippen LogP contribution in [0.15, 0.2) is 48.9 Å². The molecule has 0 aliphatic rings. The number of carbonyl (C=O) groups is 2. The summed E-state index contributed by atoms with van der Waals surface area (Å²) < 4.78 is 7.16. The Morgan fingerprint density at radius 2 is 1.96 bits per heavy atom. The molecule has 3 rings (SSSR count). The minimum Gasteiger partial charge on any atom is -0.459 e. The third-order valence-corrected chi connectivity index (χ3v) is 3.93. The highest BCUT2D eigenvalue weighted by atomic mass is 16.6. The Balaban J connectivity index is 1.95. The molecule has 6 nitrogen and oxygen atoms in total. The van der Waals surface area contributed by atoms with Gasteiger partial charge in [0.25, 0.3) is 0 Å². The molecule has 0 saturated carbocycles. The summed E-state index contributed by atoms with van der Waals surface area (Å²) >= 11 is 0. The Labute approximate surface area is 158 Å². The van der Waals surface area contributed by atoms with E-state index >= 15 is 0 Å². The summed E-state index contributed by atoms with van der Waals surface area (Å²) in [5.74, 6) is -0.395. The van der Waals surface area contributed by atoms with Crippen LogP contribution in [0.1, 0.15) is 38.1 Å². The molecule has 6 heteroatoms. The number of ether oxygens (including phenoxy) is 1. The van der Waals surface area contributed by atoms with E-state index < -0.39 is 5.60 Å². The fourth-order valence-corrected chi connectivity index (χ4v) is 2.90. The van der Waals surface area contributed by atoms with Crippen molar-refractivity contribution in [3.63, 3.8) is 0 Å². The summed E-state index contributed by atoms with van der Waals surface area (Å²) in [5.41, 5.74) is 2.53. The highest BCUT2D eigenvalue weighted by Gasteiger charge is 2.19. The van der Waals surface area contributed by atoms with E-state index in [0.717, 1.165) is 22.3 Å². The van der Waals surface area contributed by atoms with Crippen molar-refractivity contribution in [2.24, 2.45) is 0 Å². The Hall–Kier alpha value is -3.15. The molecule has 27 heavy (non-hydrogen) atoms. The number of hydrogen-bond acceptors (Lipinski definition) is 5. The normalized spacial score (nSPS) is 11.4. The van der Waals surface area contributed by atoms with E-state index in [2.05, 4.69) is 10.3 Å². The highest BCUT2D eigenvalue weighted by molar-refractivity contribution is 6.08. The van der Waals surface area contributed by atoms with E-state index in [9.17, 15) is 9.59 Å². The Kier molecular flexibility index (Phi) is 4.99. The quantitative estimate of drug-likeness (QED) is 0.538. The first-order valence-corrected chi connectivity index (χ1v) is 8.76. The molecule has 0 aliphatic heterocycles. The molecule has 0 bridgehead atoms. The van der Waals surface area contributed by atoms with Gasteiger partial charge in [0.05, 0.1) is 11.9 Å². The lowest BCUT2D eigenvalue weighted by Crippen LogP contribution is -2.26. The zero-order valence-electron chi connectivity index (χ0n) is 15.9. The minimum atomic E-state index is -0.551. The lowest BCUT2D eigenvalue weighted by atomic mass is 10.1. The number of Topliss-reactive ketones (excluding diaryl/α,β-unsaturated/α-hetero) is 1. The maximum Gasteiger partial charge on any atom is 0.326 e. The van der Waals surface area contributed by atoms with E-state index in [4.69, 9.17) is 4.74 Å². The number of hydrogen-bond donors (Lipinski definition) is 1. The summed E-state index contributed by atoms with van der Waals surface area (Å²) in [4.78, 5) is 28.4. The van der Waals surface area contributed by atoms with E-state index in [1.807, 2.05) is 51.1 Å². The van der Waals surface area contributed by atoms with E-state index in [1.165, 1.54) is 6.92 Å². The van der Waals surface area contributed by atoms with Crippen molar-refractivity contribution in [3.8, 4) is 0 Å². The van der Waals surface area contributed by atoms with E-state index in [1.54, 1.807) is 23.2 Å². The number of aromatic nitrogens is 2. The number of esters is 1. The standard InChI is InChI=1S/C21H23N3O3/c1-14(25)18-12-24(13-20(26)27-21(2,3)4)19-8-7-15(10-17(18)19)23-16-6-5-9-22-11-16/h5-12,23H,13H2,1-4H3. The number of pyridine rings is 1. The summed E-state index contributed by atoms with van der Waals surface area (Å²) in [6.45, 7) is 7.06. The molecule has 0 radical (unpaired) electrons. The molecular weight excluding hydrogens is 342 g/mol. The number of nitrogens with one attached hydrogen (secondary N) is 1. The average molecular weight is 365 g/mol. The van der Waals surface area contributed by atoms with Crippen molar-refractivity contribution < 1.29 is 14.3 Å². The molecule has 1 N–H and O–H groups in total. The first-order chi connectivity index (χ1) is 12.7. The van der Waals surface area contributed by atoms with Gasteiger partial charge in [-0.1, -0.05) is 0 Å². The second kappa shape index (κ2) is 7.23. The molecular formula is C21H23N3O3. The van der Waals surface area contributed by atoms with Gasteiger partial charge in [-0.2, -0.15) is 0 Å².